The number of fused-ring (bicyclic) bond motifs is 1. The molecule has 118 valence electrons. The molecule has 2 aromatic rings. The molecule has 0 aliphatic rings. The van der Waals surface area contributed by atoms with E-state index in [-0.39, 0.29) is 32.3 Å². The SMILES string of the molecule is CC(=O)NCCCCOc1cccc2c1[n+]([O-])c(=O)[nH][n+]2[O-]. The number of amides is 1. The zero-order valence-electron chi connectivity index (χ0n) is 12.0. The van der Waals surface area contributed by atoms with Crippen LogP contribution in [0.2, 0.25) is 0 Å². The molecule has 0 atom stereocenters. The molecule has 0 saturated heterocycles. The van der Waals surface area contributed by atoms with Crippen LogP contribution in [0.5, 0.6) is 5.75 Å². The van der Waals surface area contributed by atoms with Gasteiger partial charge in [-0.25, -0.2) is 0 Å². The maximum atomic E-state index is 11.8. The van der Waals surface area contributed by atoms with Crippen LogP contribution in [-0.2, 0) is 4.79 Å². The van der Waals surface area contributed by atoms with Crippen molar-refractivity contribution in [2.24, 2.45) is 0 Å². The molecular formula is C13H16N4O5. The van der Waals surface area contributed by atoms with Crippen LogP contribution in [0, 0.1) is 10.4 Å². The lowest BCUT2D eigenvalue weighted by atomic mass is 10.3. The minimum atomic E-state index is -1.07. The number of nitrogens with one attached hydrogen (secondary N) is 2. The summed E-state index contributed by atoms with van der Waals surface area (Å²) in [5.74, 6) is 0.0734. The maximum absolute atomic E-state index is 11.8. The lowest BCUT2D eigenvalue weighted by molar-refractivity contribution is -0.689. The zero-order valence-corrected chi connectivity index (χ0v) is 12.0. The third kappa shape index (κ3) is 3.43. The van der Waals surface area contributed by atoms with Gasteiger partial charge >= 0.3 is 11.2 Å². The first-order chi connectivity index (χ1) is 10.5. The smallest absolute Gasteiger partial charge is 0.554 e. The second-order valence-corrected chi connectivity index (χ2v) is 4.67. The number of para-hydroxylation sites is 1. The molecule has 0 fully saturated rings. The number of H-pyrrole nitrogens is 1. The van der Waals surface area contributed by atoms with Gasteiger partial charge in [-0.2, -0.15) is 9.52 Å². The number of carbonyl (C=O) groups is 1. The van der Waals surface area contributed by atoms with E-state index in [2.05, 4.69) is 5.32 Å². The quantitative estimate of drug-likeness (QED) is 0.406. The van der Waals surface area contributed by atoms with Crippen LogP contribution in [0.15, 0.2) is 23.0 Å². The van der Waals surface area contributed by atoms with Crippen molar-refractivity contribution >= 4 is 16.9 Å². The molecular weight excluding hydrogens is 292 g/mol. The molecule has 2 N–H and O–H groups in total. The molecule has 1 amide bonds. The van der Waals surface area contributed by atoms with E-state index in [0.29, 0.717) is 26.0 Å². The van der Waals surface area contributed by atoms with Crippen molar-refractivity contribution in [3.05, 3.63) is 39.1 Å². The van der Waals surface area contributed by atoms with E-state index in [1.54, 1.807) is 6.07 Å². The van der Waals surface area contributed by atoms with Crippen LogP contribution in [0.4, 0.5) is 0 Å². The minimum absolute atomic E-state index is 0.0188. The average Bonchev–Trinajstić information content (AvgIpc) is 2.48. The van der Waals surface area contributed by atoms with Gasteiger partial charge in [0, 0.05) is 29.5 Å². The standard InChI is InChI=1S/C13H16N4O5/c1-9(18)14-7-2-3-8-22-11-6-4-5-10-12(11)16(20)13(19)15-17(10)21/h4-6H,2-3,7-8H2,1H3,(H,14,18)(H,15,19). The summed E-state index contributed by atoms with van der Waals surface area (Å²) in [6, 6.07) is 4.49. The number of aromatic nitrogens is 3. The van der Waals surface area contributed by atoms with Crippen LogP contribution in [-0.4, -0.2) is 24.2 Å². The largest absolute Gasteiger partial charge is 0.707 e. The molecule has 2 rings (SSSR count). The number of nitrogens with zero attached hydrogens (tertiary/aromatic N) is 2. The van der Waals surface area contributed by atoms with E-state index in [4.69, 9.17) is 4.74 Å². The summed E-state index contributed by atoms with van der Waals surface area (Å²) in [6.45, 7) is 2.27. The van der Waals surface area contributed by atoms with Gasteiger partial charge in [0.05, 0.1) is 6.61 Å². The third-order valence-corrected chi connectivity index (χ3v) is 2.98. The van der Waals surface area contributed by atoms with Crippen molar-refractivity contribution in [2.75, 3.05) is 13.2 Å². The fraction of sp³-hybridized carbons (Fsp3) is 0.385. The van der Waals surface area contributed by atoms with Crippen LogP contribution in [0.1, 0.15) is 19.8 Å². The number of ether oxygens (including phenoxy) is 1. The van der Waals surface area contributed by atoms with Gasteiger partial charge in [0.2, 0.25) is 5.91 Å². The second-order valence-electron chi connectivity index (χ2n) is 4.67. The van der Waals surface area contributed by atoms with Gasteiger partial charge in [-0.3, -0.25) is 4.79 Å². The van der Waals surface area contributed by atoms with E-state index in [1.807, 2.05) is 5.10 Å². The maximum Gasteiger partial charge on any atom is 0.554 e. The van der Waals surface area contributed by atoms with Crippen LogP contribution in [0.25, 0.3) is 11.0 Å². The number of carbonyl (C=O) groups excluding carboxylic acids is 1. The molecule has 0 bridgehead atoms. The number of rotatable bonds is 6. The molecule has 1 heterocycles. The summed E-state index contributed by atoms with van der Waals surface area (Å²) in [5, 5.41) is 27.9. The van der Waals surface area contributed by atoms with Crippen molar-refractivity contribution in [1.82, 2.24) is 10.4 Å². The summed E-state index contributed by atoms with van der Waals surface area (Å²) in [6.07, 6.45) is 1.36. The summed E-state index contributed by atoms with van der Waals surface area (Å²) in [5.41, 5.74) is -1.15. The van der Waals surface area contributed by atoms with Crippen molar-refractivity contribution in [1.29, 1.82) is 0 Å². The topological polar surface area (TPSA) is 125 Å². The molecule has 0 aliphatic carbocycles. The fourth-order valence-corrected chi connectivity index (χ4v) is 1.96. The van der Waals surface area contributed by atoms with E-state index in [9.17, 15) is 20.0 Å². The summed E-state index contributed by atoms with van der Waals surface area (Å²) < 4.78 is 5.57. The first-order valence-electron chi connectivity index (χ1n) is 6.76. The molecule has 0 saturated carbocycles. The van der Waals surface area contributed by atoms with E-state index in [0.717, 1.165) is 0 Å². The molecule has 22 heavy (non-hydrogen) atoms. The van der Waals surface area contributed by atoms with E-state index in [1.165, 1.54) is 19.1 Å². The Hall–Kier alpha value is -2.84. The van der Waals surface area contributed by atoms with Crippen LogP contribution in [0.3, 0.4) is 0 Å². The highest BCUT2D eigenvalue weighted by atomic mass is 16.5. The number of hydrogen-bond acceptors (Lipinski definition) is 5. The third-order valence-electron chi connectivity index (χ3n) is 2.98. The lowest BCUT2D eigenvalue weighted by Crippen LogP contribution is -2.55. The van der Waals surface area contributed by atoms with Gasteiger partial charge in [-0.15, -0.1) is 0 Å². The fourth-order valence-electron chi connectivity index (χ4n) is 1.96. The molecule has 0 spiro atoms. The number of unbranched alkanes of at least 4 members (excludes halogenated alkanes) is 1. The zero-order chi connectivity index (χ0) is 16.1. The van der Waals surface area contributed by atoms with Crippen LogP contribution >= 0.6 is 0 Å². The molecule has 0 unspecified atom stereocenters. The van der Waals surface area contributed by atoms with E-state index >= 15 is 0 Å². The number of hydrogen-bond donors (Lipinski definition) is 2. The normalized spacial score (nSPS) is 10.6. The first kappa shape index (κ1) is 15.5. The Kier molecular flexibility index (Phi) is 4.77. The second kappa shape index (κ2) is 6.74. The Morgan fingerprint density at radius 3 is 2.86 bits per heavy atom. The highest BCUT2D eigenvalue weighted by Gasteiger charge is 2.19. The van der Waals surface area contributed by atoms with Crippen molar-refractivity contribution in [3.8, 4) is 5.75 Å². The van der Waals surface area contributed by atoms with Gasteiger partial charge in [0.15, 0.2) is 5.75 Å². The monoisotopic (exact) mass is 308 g/mol. The summed E-state index contributed by atoms with van der Waals surface area (Å²) in [4.78, 5) is 22.3. The molecule has 1 aromatic carbocycles. The highest BCUT2D eigenvalue weighted by molar-refractivity contribution is 5.74. The Balaban J connectivity index is 2.09. The Bertz CT molecular complexity index is 743. The molecule has 9 heteroatoms. The first-order valence-corrected chi connectivity index (χ1v) is 6.76. The van der Waals surface area contributed by atoms with Gasteiger partial charge in [0.1, 0.15) is 0 Å². The Morgan fingerprint density at radius 1 is 1.36 bits per heavy atom. The van der Waals surface area contributed by atoms with Crippen molar-refractivity contribution < 1.29 is 19.1 Å². The van der Waals surface area contributed by atoms with Crippen molar-refractivity contribution in [2.45, 2.75) is 19.8 Å². The number of aromatic amines is 1. The van der Waals surface area contributed by atoms with E-state index < -0.39 is 5.69 Å². The molecule has 1 aromatic heterocycles. The van der Waals surface area contributed by atoms with Gasteiger partial charge < -0.3 is 20.5 Å². The average molecular weight is 308 g/mol. The molecule has 9 nitrogen and oxygen atoms in total. The predicted molar refractivity (Wildman–Crippen MR) is 75.9 cm³/mol. The van der Waals surface area contributed by atoms with Gasteiger partial charge in [-0.05, 0) is 18.9 Å². The minimum Gasteiger partial charge on any atom is -0.707 e. The lowest BCUT2D eigenvalue weighted by Gasteiger charge is -2.10. The van der Waals surface area contributed by atoms with Crippen molar-refractivity contribution in [3.63, 3.8) is 0 Å². The molecule has 0 aliphatic heterocycles. The highest BCUT2D eigenvalue weighted by Crippen LogP contribution is 2.19. The summed E-state index contributed by atoms with van der Waals surface area (Å²) >= 11 is 0. The number of benzene rings is 1. The van der Waals surface area contributed by atoms with Gasteiger partial charge in [0.25, 0.3) is 5.52 Å². The predicted octanol–water partition coefficient (Wildman–Crippen LogP) is -0.910. The Morgan fingerprint density at radius 2 is 2.14 bits per heavy atom. The Labute approximate surface area is 125 Å². The summed E-state index contributed by atoms with van der Waals surface area (Å²) in [7, 11) is 0. The molecule has 0 radical (unpaired) electrons. The van der Waals surface area contributed by atoms with Gasteiger partial charge in [-0.1, -0.05) is 6.07 Å². The van der Waals surface area contributed by atoms with Crippen LogP contribution < -0.4 is 25.3 Å².